The fourth-order valence-electron chi connectivity index (χ4n) is 2.78. The Morgan fingerprint density at radius 2 is 1.81 bits per heavy atom. The standard InChI is InChI=1S/C22H18Cl4N2O3S/c1-2-5-15(23)9-16(24)13-32(29,30)28-17-10-19(25)22(20(26)11-17)31-18-8-14-6-3-4-7-21(14)27-12-18/h3-12,28H,2,13H2,1H3/b15-5+,16-9+. The number of allylic oxidation sites excluding steroid dienone is 3. The second-order valence-electron chi connectivity index (χ2n) is 6.68. The predicted octanol–water partition coefficient (Wildman–Crippen LogP) is 7.73. The first-order valence-electron chi connectivity index (χ1n) is 9.41. The summed E-state index contributed by atoms with van der Waals surface area (Å²) >= 11 is 24.6. The molecule has 168 valence electrons. The molecule has 0 aliphatic rings. The number of hydrogen-bond donors (Lipinski definition) is 1. The molecule has 5 nitrogen and oxygen atoms in total. The summed E-state index contributed by atoms with van der Waals surface area (Å²) in [6.45, 7) is 1.90. The summed E-state index contributed by atoms with van der Waals surface area (Å²) in [7, 11) is -3.83. The van der Waals surface area contributed by atoms with Crippen LogP contribution in [0.1, 0.15) is 13.3 Å². The third-order valence-electron chi connectivity index (χ3n) is 4.08. The van der Waals surface area contributed by atoms with Gasteiger partial charge in [-0.05, 0) is 36.8 Å². The van der Waals surface area contributed by atoms with Gasteiger partial charge in [-0.2, -0.15) is 0 Å². The molecular weight excluding hydrogens is 514 g/mol. The number of nitrogens with one attached hydrogen (secondary N) is 1. The Bertz CT molecular complexity index is 1280. The van der Waals surface area contributed by atoms with Crippen molar-refractivity contribution in [1.29, 1.82) is 0 Å². The Labute approximate surface area is 206 Å². The minimum absolute atomic E-state index is 0.0631. The summed E-state index contributed by atoms with van der Waals surface area (Å²) in [5, 5.41) is 1.56. The van der Waals surface area contributed by atoms with E-state index in [1.54, 1.807) is 18.3 Å². The number of ether oxygens (including phenoxy) is 1. The molecule has 0 saturated heterocycles. The van der Waals surface area contributed by atoms with Gasteiger partial charge in [-0.3, -0.25) is 9.71 Å². The highest BCUT2D eigenvalue weighted by Gasteiger charge is 2.17. The second kappa shape index (κ2) is 10.8. The number of hydrogen-bond acceptors (Lipinski definition) is 4. The minimum Gasteiger partial charge on any atom is -0.453 e. The fraction of sp³-hybridized carbons (Fsp3) is 0.136. The zero-order chi connectivity index (χ0) is 23.3. The predicted molar refractivity (Wildman–Crippen MR) is 134 cm³/mol. The highest BCUT2D eigenvalue weighted by atomic mass is 35.5. The van der Waals surface area contributed by atoms with Gasteiger partial charge in [0, 0.05) is 15.5 Å². The molecule has 1 N–H and O–H groups in total. The maximum atomic E-state index is 12.4. The number of rotatable bonds is 8. The summed E-state index contributed by atoms with van der Waals surface area (Å²) in [6.07, 6.45) is 5.36. The van der Waals surface area contributed by atoms with Crippen molar-refractivity contribution in [2.24, 2.45) is 0 Å². The van der Waals surface area contributed by atoms with E-state index in [1.165, 1.54) is 18.2 Å². The topological polar surface area (TPSA) is 68.3 Å². The number of aromatic nitrogens is 1. The molecule has 10 heteroatoms. The van der Waals surface area contributed by atoms with Crippen molar-refractivity contribution in [3.8, 4) is 11.5 Å². The van der Waals surface area contributed by atoms with E-state index in [0.717, 1.165) is 10.9 Å². The molecule has 0 aliphatic heterocycles. The van der Waals surface area contributed by atoms with Crippen molar-refractivity contribution in [3.63, 3.8) is 0 Å². The lowest BCUT2D eigenvalue weighted by molar-refractivity contribution is 0.482. The number of anilines is 1. The maximum Gasteiger partial charge on any atom is 0.237 e. The lowest BCUT2D eigenvalue weighted by Gasteiger charge is -2.13. The molecular formula is C22H18Cl4N2O3S. The molecule has 0 spiro atoms. The molecule has 0 unspecified atom stereocenters. The molecule has 1 aromatic heterocycles. The highest BCUT2D eigenvalue weighted by molar-refractivity contribution is 7.92. The number of pyridine rings is 1. The number of sulfonamides is 1. The average molecular weight is 532 g/mol. The van der Waals surface area contributed by atoms with Crippen molar-refractivity contribution >= 4 is 73.0 Å². The van der Waals surface area contributed by atoms with E-state index >= 15 is 0 Å². The van der Waals surface area contributed by atoms with Crippen LogP contribution in [-0.2, 0) is 10.0 Å². The summed E-state index contributed by atoms with van der Waals surface area (Å²) in [5.74, 6) is 0.163. The first kappa shape index (κ1) is 24.7. The Kier molecular flexibility index (Phi) is 8.31. The lowest BCUT2D eigenvalue weighted by atomic mass is 10.2. The Balaban J connectivity index is 1.78. The average Bonchev–Trinajstić information content (AvgIpc) is 2.69. The number of benzene rings is 2. The highest BCUT2D eigenvalue weighted by Crippen LogP contribution is 2.39. The molecule has 1 heterocycles. The van der Waals surface area contributed by atoms with Crippen LogP contribution in [0.5, 0.6) is 11.5 Å². The molecule has 0 amide bonds. The van der Waals surface area contributed by atoms with Gasteiger partial charge in [0.25, 0.3) is 0 Å². The van der Waals surface area contributed by atoms with E-state index in [2.05, 4.69) is 9.71 Å². The van der Waals surface area contributed by atoms with Gasteiger partial charge in [0.1, 0.15) is 11.5 Å². The molecule has 32 heavy (non-hydrogen) atoms. The number of nitrogens with zero attached hydrogens (tertiary/aromatic N) is 1. The van der Waals surface area contributed by atoms with E-state index in [9.17, 15) is 8.42 Å². The summed E-state index contributed by atoms with van der Waals surface area (Å²) in [5.41, 5.74) is 0.990. The van der Waals surface area contributed by atoms with Gasteiger partial charge in [0.05, 0.1) is 27.4 Å². The van der Waals surface area contributed by atoms with Crippen LogP contribution in [0.15, 0.2) is 70.9 Å². The normalized spacial score (nSPS) is 12.8. The fourth-order valence-corrected chi connectivity index (χ4v) is 5.23. The lowest BCUT2D eigenvalue weighted by Crippen LogP contribution is -2.17. The Hall–Kier alpha value is -1.96. The van der Waals surface area contributed by atoms with Crippen molar-refractivity contribution in [2.45, 2.75) is 13.3 Å². The van der Waals surface area contributed by atoms with Gasteiger partial charge < -0.3 is 4.74 Å². The van der Waals surface area contributed by atoms with E-state index < -0.39 is 15.8 Å². The van der Waals surface area contributed by atoms with Gasteiger partial charge in [0.15, 0.2) is 5.75 Å². The van der Waals surface area contributed by atoms with Crippen LogP contribution in [0.2, 0.25) is 10.0 Å². The Morgan fingerprint density at radius 3 is 2.50 bits per heavy atom. The van der Waals surface area contributed by atoms with Gasteiger partial charge >= 0.3 is 0 Å². The molecule has 0 fully saturated rings. The molecule has 0 radical (unpaired) electrons. The van der Waals surface area contributed by atoms with Crippen LogP contribution in [0.4, 0.5) is 5.69 Å². The molecule has 0 aliphatic carbocycles. The van der Waals surface area contributed by atoms with Crippen LogP contribution in [-0.4, -0.2) is 19.2 Å². The third-order valence-corrected chi connectivity index (χ3v) is 6.54. The monoisotopic (exact) mass is 530 g/mol. The second-order valence-corrected chi connectivity index (χ2v) is 10.1. The van der Waals surface area contributed by atoms with E-state index in [4.69, 9.17) is 51.1 Å². The maximum absolute atomic E-state index is 12.4. The summed E-state index contributed by atoms with van der Waals surface area (Å²) < 4.78 is 33.1. The van der Waals surface area contributed by atoms with Crippen LogP contribution < -0.4 is 9.46 Å². The number of halogens is 4. The van der Waals surface area contributed by atoms with Crippen LogP contribution in [0, 0.1) is 0 Å². The van der Waals surface area contributed by atoms with Gasteiger partial charge in [-0.25, -0.2) is 8.42 Å². The van der Waals surface area contributed by atoms with Gasteiger partial charge in [-0.15, -0.1) is 0 Å². The van der Waals surface area contributed by atoms with E-state index in [0.29, 0.717) is 17.2 Å². The van der Waals surface area contributed by atoms with Crippen LogP contribution in [0.3, 0.4) is 0 Å². The molecule has 0 saturated carbocycles. The third kappa shape index (κ3) is 6.77. The Morgan fingerprint density at radius 1 is 1.12 bits per heavy atom. The molecule has 2 aromatic carbocycles. The summed E-state index contributed by atoms with van der Waals surface area (Å²) in [4.78, 5) is 4.33. The smallest absolute Gasteiger partial charge is 0.237 e. The van der Waals surface area contributed by atoms with Gasteiger partial charge in [-0.1, -0.05) is 77.6 Å². The first-order chi connectivity index (χ1) is 15.2. The number of fused-ring (bicyclic) bond motifs is 1. The van der Waals surface area contributed by atoms with Crippen molar-refractivity contribution in [1.82, 2.24) is 4.98 Å². The number of para-hydroxylation sites is 1. The molecule has 0 atom stereocenters. The first-order valence-corrected chi connectivity index (χ1v) is 12.6. The zero-order valence-electron chi connectivity index (χ0n) is 16.8. The zero-order valence-corrected chi connectivity index (χ0v) is 20.6. The molecule has 3 rings (SSSR count). The quantitative estimate of drug-likeness (QED) is 0.302. The van der Waals surface area contributed by atoms with E-state index in [-0.39, 0.29) is 26.5 Å². The minimum atomic E-state index is -3.83. The van der Waals surface area contributed by atoms with Crippen molar-refractivity contribution in [2.75, 3.05) is 10.5 Å². The summed E-state index contributed by atoms with van der Waals surface area (Å²) in [6, 6.07) is 12.2. The van der Waals surface area contributed by atoms with Crippen LogP contribution >= 0.6 is 46.4 Å². The van der Waals surface area contributed by atoms with Crippen molar-refractivity contribution in [3.05, 3.63) is 80.9 Å². The van der Waals surface area contributed by atoms with Gasteiger partial charge in [0.2, 0.25) is 10.0 Å². The van der Waals surface area contributed by atoms with Crippen LogP contribution in [0.25, 0.3) is 10.9 Å². The largest absolute Gasteiger partial charge is 0.453 e. The van der Waals surface area contributed by atoms with E-state index in [1.807, 2.05) is 31.2 Å². The molecule has 3 aromatic rings. The van der Waals surface area contributed by atoms with Crippen molar-refractivity contribution < 1.29 is 13.2 Å². The SMILES string of the molecule is CC/C=C(Cl)\C=C(\Cl)CS(=O)(=O)Nc1cc(Cl)c(Oc2cnc3ccccc3c2)c(Cl)c1. The molecule has 0 bridgehead atoms.